The molecule has 0 fully saturated rings. The van der Waals surface area contributed by atoms with Gasteiger partial charge in [-0.2, -0.15) is 5.10 Å². The summed E-state index contributed by atoms with van der Waals surface area (Å²) in [6, 6.07) is 6.75. The fraction of sp³-hybridized carbons (Fsp3) is 0.500. The topological polar surface area (TPSA) is 42.7 Å². The highest BCUT2D eigenvalue weighted by atomic mass is 19.1. The van der Waals surface area contributed by atoms with Crippen molar-refractivity contribution >= 4 is 0 Å². The Morgan fingerprint density at radius 1 is 1.24 bits per heavy atom. The van der Waals surface area contributed by atoms with Crippen LogP contribution in [0.3, 0.4) is 0 Å². The average molecular weight is 290 g/mol. The molecule has 0 spiro atoms. The smallest absolute Gasteiger partial charge is 0.138 e. The summed E-state index contributed by atoms with van der Waals surface area (Å²) in [5.41, 5.74) is 1.15. The van der Waals surface area contributed by atoms with E-state index in [1.165, 1.54) is 12.1 Å². The SMILES string of the molecule is CCCn1ncnc1CC(CNC)Cc1ccc(F)cc1. The van der Waals surface area contributed by atoms with Crippen LogP contribution < -0.4 is 5.32 Å². The number of hydrogen-bond donors (Lipinski definition) is 1. The molecule has 0 saturated heterocycles. The molecule has 5 heteroatoms. The van der Waals surface area contributed by atoms with Crippen molar-refractivity contribution in [1.29, 1.82) is 0 Å². The van der Waals surface area contributed by atoms with Gasteiger partial charge in [0.1, 0.15) is 18.0 Å². The zero-order valence-corrected chi connectivity index (χ0v) is 12.7. The van der Waals surface area contributed by atoms with E-state index in [0.717, 1.165) is 43.7 Å². The molecule has 1 aromatic carbocycles. The van der Waals surface area contributed by atoms with E-state index < -0.39 is 0 Å². The predicted molar refractivity (Wildman–Crippen MR) is 81.5 cm³/mol. The Bertz CT molecular complexity index is 535. The molecule has 0 aliphatic carbocycles. The van der Waals surface area contributed by atoms with E-state index in [0.29, 0.717) is 5.92 Å². The molecule has 21 heavy (non-hydrogen) atoms. The predicted octanol–water partition coefficient (Wildman–Crippen LogP) is 2.45. The van der Waals surface area contributed by atoms with Gasteiger partial charge in [-0.1, -0.05) is 19.1 Å². The van der Waals surface area contributed by atoms with E-state index >= 15 is 0 Å². The highest BCUT2D eigenvalue weighted by Gasteiger charge is 2.14. The standard InChI is InChI=1S/C16H23FN4/c1-3-8-21-16(19-12-20-21)10-14(11-18-2)9-13-4-6-15(17)7-5-13/h4-7,12,14,18H,3,8-11H2,1-2H3. The van der Waals surface area contributed by atoms with E-state index in [2.05, 4.69) is 22.3 Å². The van der Waals surface area contributed by atoms with Crippen molar-refractivity contribution in [2.45, 2.75) is 32.7 Å². The number of rotatable bonds is 8. The van der Waals surface area contributed by atoms with Crippen molar-refractivity contribution in [2.75, 3.05) is 13.6 Å². The quantitative estimate of drug-likeness (QED) is 0.812. The van der Waals surface area contributed by atoms with Gasteiger partial charge in [0.25, 0.3) is 0 Å². The molecule has 1 atom stereocenters. The first-order chi connectivity index (χ1) is 10.2. The molecule has 0 amide bonds. The molecule has 2 aromatic rings. The van der Waals surface area contributed by atoms with Crippen molar-refractivity contribution < 1.29 is 4.39 Å². The summed E-state index contributed by atoms with van der Waals surface area (Å²) in [5, 5.41) is 7.51. The van der Waals surface area contributed by atoms with Crippen LogP contribution in [0.4, 0.5) is 4.39 Å². The first kappa shape index (κ1) is 15.6. The molecule has 1 heterocycles. The summed E-state index contributed by atoms with van der Waals surface area (Å²) in [4.78, 5) is 4.38. The summed E-state index contributed by atoms with van der Waals surface area (Å²) < 4.78 is 15.0. The summed E-state index contributed by atoms with van der Waals surface area (Å²) in [5.74, 6) is 1.26. The van der Waals surface area contributed by atoms with Gasteiger partial charge in [-0.3, -0.25) is 4.68 Å². The maximum absolute atomic E-state index is 13.0. The van der Waals surface area contributed by atoms with Gasteiger partial charge in [-0.15, -0.1) is 0 Å². The highest BCUT2D eigenvalue weighted by molar-refractivity contribution is 5.17. The maximum Gasteiger partial charge on any atom is 0.138 e. The van der Waals surface area contributed by atoms with Gasteiger partial charge >= 0.3 is 0 Å². The van der Waals surface area contributed by atoms with Gasteiger partial charge in [0.15, 0.2) is 0 Å². The van der Waals surface area contributed by atoms with E-state index in [1.54, 1.807) is 6.33 Å². The second-order valence-corrected chi connectivity index (χ2v) is 5.36. The molecule has 4 nitrogen and oxygen atoms in total. The van der Waals surface area contributed by atoms with Gasteiger partial charge in [-0.25, -0.2) is 9.37 Å². The molecular formula is C16H23FN4. The Labute approximate surface area is 125 Å². The number of halogens is 1. The van der Waals surface area contributed by atoms with Crippen LogP contribution in [0.5, 0.6) is 0 Å². The number of aromatic nitrogens is 3. The molecule has 0 aliphatic rings. The van der Waals surface area contributed by atoms with Crippen LogP contribution in [0.25, 0.3) is 0 Å². The molecule has 0 saturated carbocycles. The van der Waals surface area contributed by atoms with Gasteiger partial charge in [-0.05, 0) is 50.0 Å². The number of benzene rings is 1. The summed E-state index contributed by atoms with van der Waals surface area (Å²) in [6.45, 7) is 3.93. The molecule has 2 rings (SSSR count). The van der Waals surface area contributed by atoms with Crippen LogP contribution >= 0.6 is 0 Å². The summed E-state index contributed by atoms with van der Waals surface area (Å²) in [6.07, 6.45) is 4.45. The van der Waals surface area contributed by atoms with E-state index in [-0.39, 0.29) is 5.82 Å². The third-order valence-corrected chi connectivity index (χ3v) is 3.53. The van der Waals surface area contributed by atoms with Crippen LogP contribution in [0.1, 0.15) is 24.7 Å². The van der Waals surface area contributed by atoms with Gasteiger partial charge in [0, 0.05) is 13.0 Å². The maximum atomic E-state index is 13.0. The monoisotopic (exact) mass is 290 g/mol. The van der Waals surface area contributed by atoms with Crippen molar-refractivity contribution in [1.82, 2.24) is 20.1 Å². The van der Waals surface area contributed by atoms with E-state index in [9.17, 15) is 4.39 Å². The average Bonchev–Trinajstić information content (AvgIpc) is 2.89. The molecule has 0 radical (unpaired) electrons. The number of hydrogen-bond acceptors (Lipinski definition) is 3. The summed E-state index contributed by atoms with van der Waals surface area (Å²) in [7, 11) is 1.95. The van der Waals surface area contributed by atoms with E-state index in [4.69, 9.17) is 0 Å². The van der Waals surface area contributed by atoms with Crippen molar-refractivity contribution in [3.8, 4) is 0 Å². The second kappa shape index (κ2) is 7.88. The lowest BCUT2D eigenvalue weighted by Crippen LogP contribution is -2.24. The zero-order chi connectivity index (χ0) is 15.1. The van der Waals surface area contributed by atoms with Crippen LogP contribution in [-0.2, 0) is 19.4 Å². The number of nitrogens with zero attached hydrogens (tertiary/aromatic N) is 3. The molecule has 114 valence electrons. The third-order valence-electron chi connectivity index (χ3n) is 3.53. The minimum absolute atomic E-state index is 0.188. The zero-order valence-electron chi connectivity index (χ0n) is 12.7. The molecule has 1 aromatic heterocycles. The lowest BCUT2D eigenvalue weighted by atomic mass is 9.95. The first-order valence-electron chi connectivity index (χ1n) is 7.48. The second-order valence-electron chi connectivity index (χ2n) is 5.36. The fourth-order valence-electron chi connectivity index (χ4n) is 2.56. The largest absolute Gasteiger partial charge is 0.319 e. The Hall–Kier alpha value is -1.75. The van der Waals surface area contributed by atoms with Crippen LogP contribution in [0.15, 0.2) is 30.6 Å². The normalized spacial score (nSPS) is 12.5. The van der Waals surface area contributed by atoms with Gasteiger partial charge < -0.3 is 5.32 Å². The van der Waals surface area contributed by atoms with Crippen LogP contribution in [-0.4, -0.2) is 28.4 Å². The van der Waals surface area contributed by atoms with Crippen LogP contribution in [0, 0.1) is 11.7 Å². The fourth-order valence-corrected chi connectivity index (χ4v) is 2.56. The Morgan fingerprint density at radius 3 is 2.67 bits per heavy atom. The van der Waals surface area contributed by atoms with Crippen LogP contribution in [0.2, 0.25) is 0 Å². The molecule has 1 unspecified atom stereocenters. The van der Waals surface area contributed by atoms with Gasteiger partial charge in [0.05, 0.1) is 0 Å². The Morgan fingerprint density at radius 2 is 2.00 bits per heavy atom. The number of aryl methyl sites for hydroxylation is 1. The van der Waals surface area contributed by atoms with Gasteiger partial charge in [0.2, 0.25) is 0 Å². The third kappa shape index (κ3) is 4.63. The first-order valence-corrected chi connectivity index (χ1v) is 7.48. The minimum Gasteiger partial charge on any atom is -0.319 e. The highest BCUT2D eigenvalue weighted by Crippen LogP contribution is 2.14. The molecule has 0 bridgehead atoms. The van der Waals surface area contributed by atoms with Crippen molar-refractivity contribution in [3.05, 3.63) is 47.8 Å². The molecular weight excluding hydrogens is 267 g/mol. The number of nitrogens with one attached hydrogen (secondary N) is 1. The lowest BCUT2D eigenvalue weighted by molar-refractivity contribution is 0.458. The molecule has 0 aliphatic heterocycles. The molecule has 1 N–H and O–H groups in total. The minimum atomic E-state index is -0.188. The van der Waals surface area contributed by atoms with Crippen molar-refractivity contribution in [2.24, 2.45) is 5.92 Å². The Kier molecular flexibility index (Phi) is 5.87. The lowest BCUT2D eigenvalue weighted by Gasteiger charge is -2.16. The summed E-state index contributed by atoms with van der Waals surface area (Å²) >= 11 is 0. The van der Waals surface area contributed by atoms with E-state index in [1.807, 2.05) is 23.9 Å². The van der Waals surface area contributed by atoms with Crippen molar-refractivity contribution in [3.63, 3.8) is 0 Å². The Balaban J connectivity index is 2.04.